The maximum atomic E-state index is 11.2. The third-order valence-corrected chi connectivity index (χ3v) is 3.27. The van der Waals surface area contributed by atoms with Crippen LogP contribution < -0.4 is 0 Å². The van der Waals surface area contributed by atoms with Crippen molar-refractivity contribution in [3.05, 3.63) is 0 Å². The lowest BCUT2D eigenvalue weighted by Gasteiger charge is -2.05. The number of aldehydes is 1. The van der Waals surface area contributed by atoms with Crippen LogP contribution in [0.15, 0.2) is 0 Å². The van der Waals surface area contributed by atoms with Crippen molar-refractivity contribution in [2.75, 3.05) is 6.61 Å². The molecule has 114 valence electrons. The van der Waals surface area contributed by atoms with Crippen molar-refractivity contribution in [2.45, 2.75) is 71.1 Å². The quantitative estimate of drug-likeness (QED) is 0.223. The van der Waals surface area contributed by atoms with E-state index in [0.717, 1.165) is 19.3 Å². The van der Waals surface area contributed by atoms with E-state index in [2.05, 4.69) is 6.92 Å². The van der Waals surface area contributed by atoms with E-state index < -0.39 is 11.9 Å². The van der Waals surface area contributed by atoms with E-state index in [0.29, 0.717) is 12.9 Å². The molecule has 0 rings (SSSR count). The molecule has 0 saturated heterocycles. The summed E-state index contributed by atoms with van der Waals surface area (Å²) >= 11 is 0. The third-order valence-electron chi connectivity index (χ3n) is 3.27. The van der Waals surface area contributed by atoms with Crippen LogP contribution in [0.3, 0.4) is 0 Å². The summed E-state index contributed by atoms with van der Waals surface area (Å²) in [6.07, 6.45) is 12.5. The first kappa shape index (κ1) is 18.6. The van der Waals surface area contributed by atoms with Crippen molar-refractivity contribution < 1.29 is 14.3 Å². The molecule has 0 aromatic heterocycles. The molecule has 1 unspecified atom stereocenters. The molecular formula is C16H27NO3. The van der Waals surface area contributed by atoms with Crippen LogP contribution >= 0.6 is 0 Å². The second-order valence-electron chi connectivity index (χ2n) is 5.09. The number of hydrogen-bond acceptors (Lipinski definition) is 4. The van der Waals surface area contributed by atoms with Crippen LogP contribution in [0.5, 0.6) is 0 Å². The van der Waals surface area contributed by atoms with Gasteiger partial charge in [0.1, 0.15) is 6.29 Å². The summed E-state index contributed by atoms with van der Waals surface area (Å²) in [7, 11) is 0. The standard InChI is InChI=1S/C16H27NO3/c1-2-3-4-5-6-7-8-9-10-11-12-20-16(19)15(13-17)14-18/h14-15H,2-12H2,1H3. The average molecular weight is 281 g/mol. The first-order chi connectivity index (χ1) is 9.76. The van der Waals surface area contributed by atoms with E-state index in [1.807, 2.05) is 0 Å². The lowest BCUT2D eigenvalue weighted by molar-refractivity contribution is -0.147. The van der Waals surface area contributed by atoms with E-state index in [-0.39, 0.29) is 0 Å². The lowest BCUT2D eigenvalue weighted by atomic mass is 10.1. The molecule has 0 aromatic carbocycles. The van der Waals surface area contributed by atoms with Crippen molar-refractivity contribution in [1.82, 2.24) is 0 Å². The van der Waals surface area contributed by atoms with Gasteiger partial charge in [-0.2, -0.15) is 5.26 Å². The Kier molecular flexibility index (Phi) is 13.1. The highest BCUT2D eigenvalue weighted by molar-refractivity contribution is 5.90. The first-order valence-electron chi connectivity index (χ1n) is 7.77. The monoisotopic (exact) mass is 281 g/mol. The Labute approximate surface area is 122 Å². The number of esters is 1. The smallest absolute Gasteiger partial charge is 0.330 e. The largest absolute Gasteiger partial charge is 0.464 e. The number of hydrogen-bond donors (Lipinski definition) is 0. The number of nitriles is 1. The summed E-state index contributed by atoms with van der Waals surface area (Å²) in [5, 5.41) is 8.49. The Balaban J connectivity index is 3.27. The van der Waals surface area contributed by atoms with Gasteiger partial charge in [-0.3, -0.25) is 4.79 Å². The van der Waals surface area contributed by atoms with Crippen molar-refractivity contribution in [3.63, 3.8) is 0 Å². The fraction of sp³-hybridized carbons (Fsp3) is 0.812. The third kappa shape index (κ3) is 10.5. The van der Waals surface area contributed by atoms with Crippen LogP contribution in [0.2, 0.25) is 0 Å². The van der Waals surface area contributed by atoms with E-state index in [9.17, 15) is 9.59 Å². The Bertz CT molecular complexity index is 297. The van der Waals surface area contributed by atoms with Gasteiger partial charge in [0.25, 0.3) is 0 Å². The van der Waals surface area contributed by atoms with Gasteiger partial charge in [-0.15, -0.1) is 0 Å². The summed E-state index contributed by atoms with van der Waals surface area (Å²) in [6.45, 7) is 2.53. The van der Waals surface area contributed by atoms with Gasteiger partial charge < -0.3 is 9.53 Å². The normalized spacial score (nSPS) is 11.6. The van der Waals surface area contributed by atoms with Crippen LogP contribution in [0.1, 0.15) is 71.1 Å². The van der Waals surface area contributed by atoms with Gasteiger partial charge in [-0.1, -0.05) is 64.7 Å². The molecule has 1 atom stereocenters. The van der Waals surface area contributed by atoms with Gasteiger partial charge in [0.2, 0.25) is 0 Å². The molecule has 0 aliphatic rings. The Morgan fingerprint density at radius 2 is 1.55 bits per heavy atom. The molecule has 0 bridgehead atoms. The molecule has 20 heavy (non-hydrogen) atoms. The van der Waals surface area contributed by atoms with Crippen molar-refractivity contribution in [3.8, 4) is 6.07 Å². The Morgan fingerprint density at radius 1 is 1.05 bits per heavy atom. The zero-order valence-corrected chi connectivity index (χ0v) is 12.6. The molecular weight excluding hydrogens is 254 g/mol. The highest BCUT2D eigenvalue weighted by Crippen LogP contribution is 2.10. The number of ether oxygens (including phenoxy) is 1. The first-order valence-corrected chi connectivity index (χ1v) is 7.77. The average Bonchev–Trinajstić information content (AvgIpc) is 2.46. The minimum absolute atomic E-state index is 0.307. The zero-order chi connectivity index (χ0) is 15.1. The molecule has 0 spiro atoms. The van der Waals surface area contributed by atoms with E-state index in [4.69, 9.17) is 10.00 Å². The lowest BCUT2D eigenvalue weighted by Crippen LogP contribution is -2.17. The topological polar surface area (TPSA) is 67.2 Å². The zero-order valence-electron chi connectivity index (χ0n) is 12.6. The minimum Gasteiger partial charge on any atom is -0.464 e. The second kappa shape index (κ2) is 14.0. The van der Waals surface area contributed by atoms with Crippen molar-refractivity contribution >= 4 is 12.3 Å². The van der Waals surface area contributed by atoms with Crippen molar-refractivity contribution in [1.29, 1.82) is 5.26 Å². The number of carbonyl (C=O) groups is 2. The summed E-state index contributed by atoms with van der Waals surface area (Å²) < 4.78 is 4.87. The Morgan fingerprint density at radius 3 is 2.00 bits per heavy atom. The predicted molar refractivity (Wildman–Crippen MR) is 78.0 cm³/mol. The molecule has 0 amide bonds. The molecule has 0 aromatic rings. The minimum atomic E-state index is -1.27. The second-order valence-corrected chi connectivity index (χ2v) is 5.09. The fourth-order valence-corrected chi connectivity index (χ4v) is 1.99. The molecule has 0 aliphatic carbocycles. The van der Waals surface area contributed by atoms with Gasteiger partial charge >= 0.3 is 5.97 Å². The molecule has 4 heteroatoms. The summed E-state index contributed by atoms with van der Waals surface area (Å²) in [6, 6.07) is 1.60. The highest BCUT2D eigenvalue weighted by Gasteiger charge is 2.17. The Hall–Kier alpha value is -1.37. The molecule has 0 aliphatic heterocycles. The van der Waals surface area contributed by atoms with Gasteiger partial charge in [-0.25, -0.2) is 0 Å². The van der Waals surface area contributed by atoms with Gasteiger partial charge in [-0.05, 0) is 6.42 Å². The van der Waals surface area contributed by atoms with E-state index in [1.165, 1.54) is 44.9 Å². The maximum absolute atomic E-state index is 11.2. The summed E-state index contributed by atoms with van der Waals surface area (Å²) in [5.74, 6) is -1.99. The summed E-state index contributed by atoms with van der Waals surface area (Å²) in [5.41, 5.74) is 0. The number of rotatable bonds is 13. The molecule has 0 heterocycles. The van der Waals surface area contributed by atoms with E-state index >= 15 is 0 Å². The molecule has 0 N–H and O–H groups in total. The van der Waals surface area contributed by atoms with Crippen LogP contribution in [0.4, 0.5) is 0 Å². The van der Waals surface area contributed by atoms with Crippen LogP contribution in [-0.4, -0.2) is 18.9 Å². The maximum Gasteiger partial charge on any atom is 0.330 e. The van der Waals surface area contributed by atoms with Gasteiger partial charge in [0, 0.05) is 0 Å². The number of carbonyl (C=O) groups excluding carboxylic acids is 2. The van der Waals surface area contributed by atoms with Gasteiger partial charge in [0.05, 0.1) is 12.7 Å². The van der Waals surface area contributed by atoms with Crippen LogP contribution in [-0.2, 0) is 14.3 Å². The molecule has 4 nitrogen and oxygen atoms in total. The predicted octanol–water partition coefficient (Wildman–Crippen LogP) is 3.79. The van der Waals surface area contributed by atoms with Gasteiger partial charge in [0.15, 0.2) is 5.92 Å². The fourth-order valence-electron chi connectivity index (χ4n) is 1.99. The molecule has 0 fully saturated rings. The number of nitrogens with zero attached hydrogens (tertiary/aromatic N) is 1. The van der Waals surface area contributed by atoms with E-state index in [1.54, 1.807) is 6.07 Å². The summed E-state index contributed by atoms with van der Waals surface area (Å²) in [4.78, 5) is 21.5. The van der Waals surface area contributed by atoms with Crippen LogP contribution in [0, 0.1) is 17.2 Å². The molecule has 0 radical (unpaired) electrons. The SMILES string of the molecule is CCCCCCCCCCCCOC(=O)C(C#N)C=O. The van der Waals surface area contributed by atoms with Crippen molar-refractivity contribution in [2.24, 2.45) is 5.92 Å². The number of unbranched alkanes of at least 4 members (excludes halogenated alkanes) is 9. The molecule has 0 saturated carbocycles. The van der Waals surface area contributed by atoms with Crippen LogP contribution in [0.25, 0.3) is 0 Å². The highest BCUT2D eigenvalue weighted by atomic mass is 16.5.